The Balaban J connectivity index is 2.11. The molecule has 4 heteroatoms. The summed E-state index contributed by atoms with van der Waals surface area (Å²) in [7, 11) is 0. The van der Waals surface area contributed by atoms with Gasteiger partial charge in [-0.3, -0.25) is 14.5 Å². The number of carbonyl (C=O) groups is 2. The third-order valence-corrected chi connectivity index (χ3v) is 3.96. The smallest absolute Gasteiger partial charge is 0.233 e. The van der Waals surface area contributed by atoms with Crippen molar-refractivity contribution in [3.8, 4) is 0 Å². The molecule has 2 rings (SSSR count). The number of fused-ring (bicyclic) bond motifs is 1. The van der Waals surface area contributed by atoms with Crippen molar-refractivity contribution in [1.29, 1.82) is 0 Å². The number of aliphatic hydroxyl groups excluding tert-OH is 1. The predicted molar refractivity (Wildman–Crippen MR) is 58.4 cm³/mol. The fourth-order valence-electron chi connectivity index (χ4n) is 3.00. The monoisotopic (exact) mass is 225 g/mol. The van der Waals surface area contributed by atoms with Crippen molar-refractivity contribution in [3.05, 3.63) is 0 Å². The van der Waals surface area contributed by atoms with Crippen molar-refractivity contribution in [2.24, 2.45) is 17.3 Å². The molecule has 0 aromatic carbocycles. The van der Waals surface area contributed by atoms with Crippen molar-refractivity contribution in [2.75, 3.05) is 0 Å². The number of rotatable bonds is 3. The highest BCUT2D eigenvalue weighted by Gasteiger charge is 2.72. The highest BCUT2D eigenvalue weighted by molar-refractivity contribution is 6.10. The molecule has 2 aliphatic rings. The molecule has 0 bridgehead atoms. The third-order valence-electron chi connectivity index (χ3n) is 3.96. The summed E-state index contributed by atoms with van der Waals surface area (Å²) in [5.41, 5.74) is -0.144. The lowest BCUT2D eigenvalue weighted by Crippen LogP contribution is -2.43. The molecule has 0 aromatic heterocycles. The van der Waals surface area contributed by atoms with Crippen molar-refractivity contribution < 1.29 is 14.7 Å². The summed E-state index contributed by atoms with van der Waals surface area (Å²) in [5, 5.41) is 9.29. The zero-order chi connectivity index (χ0) is 12.2. The van der Waals surface area contributed by atoms with Crippen LogP contribution < -0.4 is 0 Å². The van der Waals surface area contributed by atoms with Gasteiger partial charge in [-0.2, -0.15) is 0 Å². The van der Waals surface area contributed by atoms with Crippen LogP contribution in [0.4, 0.5) is 0 Å². The van der Waals surface area contributed by atoms with Gasteiger partial charge < -0.3 is 5.11 Å². The van der Waals surface area contributed by atoms with E-state index in [0.717, 1.165) is 0 Å². The normalized spacial score (nSPS) is 34.9. The molecule has 4 unspecified atom stereocenters. The Labute approximate surface area is 95.6 Å². The number of piperidine rings is 1. The quantitative estimate of drug-likeness (QED) is 0.722. The fourth-order valence-corrected chi connectivity index (χ4v) is 3.00. The fraction of sp³-hybridized carbons (Fsp3) is 0.833. The van der Waals surface area contributed by atoms with Crippen molar-refractivity contribution in [3.63, 3.8) is 0 Å². The average Bonchev–Trinajstić information content (AvgIpc) is 2.54. The van der Waals surface area contributed by atoms with E-state index in [4.69, 9.17) is 0 Å². The number of carbonyl (C=O) groups excluding carboxylic acids is 2. The molecule has 1 N–H and O–H groups in total. The summed E-state index contributed by atoms with van der Waals surface area (Å²) in [6.45, 7) is 7.43. The number of hydrogen-bond donors (Lipinski definition) is 1. The molecule has 0 spiro atoms. The van der Waals surface area contributed by atoms with Crippen LogP contribution in [0.5, 0.6) is 0 Å². The molecule has 1 aliphatic heterocycles. The number of aliphatic hydroxyl groups is 1. The minimum Gasteiger partial charge on any atom is -0.393 e. The Morgan fingerprint density at radius 2 is 1.69 bits per heavy atom. The molecule has 1 saturated carbocycles. The van der Waals surface area contributed by atoms with Crippen LogP contribution in [0.1, 0.15) is 34.1 Å². The first kappa shape index (κ1) is 11.6. The van der Waals surface area contributed by atoms with Gasteiger partial charge in [-0.1, -0.05) is 13.8 Å². The minimum atomic E-state index is -0.486. The largest absolute Gasteiger partial charge is 0.393 e. The van der Waals surface area contributed by atoms with Crippen molar-refractivity contribution in [2.45, 2.75) is 46.3 Å². The third kappa shape index (κ3) is 1.39. The van der Waals surface area contributed by atoms with Crippen LogP contribution in [0.15, 0.2) is 0 Å². The number of hydrogen-bond acceptors (Lipinski definition) is 3. The second-order valence-corrected chi connectivity index (χ2v) is 5.76. The topological polar surface area (TPSA) is 57.6 Å². The van der Waals surface area contributed by atoms with Gasteiger partial charge in [0.05, 0.1) is 17.9 Å². The zero-order valence-electron chi connectivity index (χ0n) is 10.2. The Kier molecular flexibility index (Phi) is 2.38. The van der Waals surface area contributed by atoms with Gasteiger partial charge in [0.15, 0.2) is 0 Å². The van der Waals surface area contributed by atoms with E-state index < -0.39 is 6.10 Å². The maximum atomic E-state index is 12.0. The maximum Gasteiger partial charge on any atom is 0.233 e. The van der Waals surface area contributed by atoms with E-state index in [1.165, 1.54) is 4.90 Å². The van der Waals surface area contributed by atoms with E-state index in [1.807, 2.05) is 20.8 Å². The van der Waals surface area contributed by atoms with E-state index in [9.17, 15) is 14.7 Å². The van der Waals surface area contributed by atoms with Crippen LogP contribution in [0.3, 0.4) is 0 Å². The van der Waals surface area contributed by atoms with Crippen molar-refractivity contribution in [1.82, 2.24) is 4.90 Å². The molecule has 2 amide bonds. The van der Waals surface area contributed by atoms with Crippen LogP contribution in [-0.2, 0) is 9.59 Å². The van der Waals surface area contributed by atoms with Gasteiger partial charge in [0, 0.05) is 6.04 Å². The molecule has 2 fully saturated rings. The molecule has 4 nitrogen and oxygen atoms in total. The lowest BCUT2D eigenvalue weighted by Gasteiger charge is -2.27. The first-order valence-electron chi connectivity index (χ1n) is 5.83. The van der Waals surface area contributed by atoms with E-state index in [2.05, 4.69) is 0 Å². The highest BCUT2D eigenvalue weighted by Crippen LogP contribution is 2.63. The molecular weight excluding hydrogens is 206 g/mol. The highest BCUT2D eigenvalue weighted by atomic mass is 16.3. The van der Waals surface area contributed by atoms with Crippen LogP contribution in [0, 0.1) is 17.3 Å². The Morgan fingerprint density at radius 3 is 2.06 bits per heavy atom. The second kappa shape index (κ2) is 3.29. The van der Waals surface area contributed by atoms with Crippen LogP contribution in [-0.4, -0.2) is 34.0 Å². The number of imide groups is 1. The first-order valence-corrected chi connectivity index (χ1v) is 5.83. The summed E-state index contributed by atoms with van der Waals surface area (Å²) in [6, 6.07) is -0.191. The SMILES string of the molecule is CC(O)CC(C)N1C(=O)C2C(C1=O)C2(C)C. The zero-order valence-corrected chi connectivity index (χ0v) is 10.2. The summed E-state index contributed by atoms with van der Waals surface area (Å²) in [5.74, 6) is -0.325. The molecule has 4 atom stereocenters. The van der Waals surface area contributed by atoms with Gasteiger partial charge in [0.2, 0.25) is 11.8 Å². The van der Waals surface area contributed by atoms with Gasteiger partial charge in [-0.25, -0.2) is 0 Å². The summed E-state index contributed by atoms with van der Waals surface area (Å²) in [4.78, 5) is 25.4. The lowest BCUT2D eigenvalue weighted by atomic mass is 10.0. The number of amides is 2. The van der Waals surface area contributed by atoms with E-state index in [0.29, 0.717) is 6.42 Å². The van der Waals surface area contributed by atoms with E-state index >= 15 is 0 Å². The van der Waals surface area contributed by atoms with Gasteiger partial charge in [0.1, 0.15) is 0 Å². The molecule has 16 heavy (non-hydrogen) atoms. The molecule has 90 valence electrons. The summed E-state index contributed by atoms with van der Waals surface area (Å²) < 4.78 is 0. The Morgan fingerprint density at radius 1 is 1.25 bits per heavy atom. The minimum absolute atomic E-state index is 0.0480. The number of nitrogens with zero attached hydrogens (tertiary/aromatic N) is 1. The lowest BCUT2D eigenvalue weighted by molar-refractivity contribution is -0.146. The van der Waals surface area contributed by atoms with Crippen molar-refractivity contribution >= 4 is 11.8 Å². The van der Waals surface area contributed by atoms with Gasteiger partial charge in [-0.05, 0) is 25.7 Å². The molecule has 1 heterocycles. The molecule has 0 aromatic rings. The molecular formula is C12H19NO3. The number of likely N-dealkylation sites (tertiary alicyclic amines) is 1. The summed E-state index contributed by atoms with van der Waals surface area (Å²) >= 11 is 0. The van der Waals surface area contributed by atoms with Gasteiger partial charge in [-0.15, -0.1) is 0 Å². The molecule has 1 saturated heterocycles. The van der Waals surface area contributed by atoms with Crippen LogP contribution >= 0.6 is 0 Å². The van der Waals surface area contributed by atoms with E-state index in [-0.39, 0.29) is 35.1 Å². The Bertz CT molecular complexity index is 324. The molecule has 1 aliphatic carbocycles. The molecule has 0 radical (unpaired) electrons. The van der Waals surface area contributed by atoms with Gasteiger partial charge in [0.25, 0.3) is 0 Å². The second-order valence-electron chi connectivity index (χ2n) is 5.76. The van der Waals surface area contributed by atoms with Gasteiger partial charge >= 0.3 is 0 Å². The predicted octanol–water partition coefficient (Wildman–Crippen LogP) is 0.787. The Hall–Kier alpha value is -0.900. The van der Waals surface area contributed by atoms with Crippen LogP contribution in [0.2, 0.25) is 0 Å². The van der Waals surface area contributed by atoms with Crippen LogP contribution in [0.25, 0.3) is 0 Å². The standard InChI is InChI=1S/C12H19NO3/c1-6(5-7(2)14)13-10(15)8-9(11(13)16)12(8,3)4/h6-9,14H,5H2,1-4H3. The average molecular weight is 225 g/mol. The summed E-state index contributed by atoms with van der Waals surface area (Å²) in [6.07, 6.45) is -0.0299. The first-order chi connectivity index (χ1) is 7.28. The van der Waals surface area contributed by atoms with E-state index in [1.54, 1.807) is 6.92 Å². The maximum absolute atomic E-state index is 12.0.